The highest BCUT2D eigenvalue weighted by Crippen LogP contribution is 2.33. The summed E-state index contributed by atoms with van der Waals surface area (Å²) >= 11 is 0. The van der Waals surface area contributed by atoms with Crippen LogP contribution in [0.3, 0.4) is 0 Å². The quantitative estimate of drug-likeness (QED) is 0.852. The lowest BCUT2D eigenvalue weighted by atomic mass is 9.76. The Labute approximate surface area is 118 Å². The van der Waals surface area contributed by atoms with Gasteiger partial charge in [0.25, 0.3) is 0 Å². The summed E-state index contributed by atoms with van der Waals surface area (Å²) in [6, 6.07) is 8.88. The molecule has 2 rings (SSSR count). The van der Waals surface area contributed by atoms with Gasteiger partial charge in [0.1, 0.15) is 0 Å². The summed E-state index contributed by atoms with van der Waals surface area (Å²) in [5, 5.41) is 0. The van der Waals surface area contributed by atoms with Crippen molar-refractivity contribution in [1.82, 2.24) is 4.90 Å². The summed E-state index contributed by atoms with van der Waals surface area (Å²) in [6.07, 6.45) is 5.93. The van der Waals surface area contributed by atoms with Crippen molar-refractivity contribution >= 4 is 0 Å². The Kier molecular flexibility index (Phi) is 5.00. The van der Waals surface area contributed by atoms with Crippen LogP contribution in [0.1, 0.15) is 44.2 Å². The number of rotatable bonds is 6. The van der Waals surface area contributed by atoms with Gasteiger partial charge in [-0.25, -0.2) is 0 Å². The van der Waals surface area contributed by atoms with Crippen molar-refractivity contribution in [2.24, 2.45) is 5.73 Å². The standard InChI is InChI=1S/C17H28N2/c1-3-11-19(12-4-2)17(14-18)10-9-15-7-5-6-8-16(15)13-17/h5-8H,3-4,9-14,18H2,1-2H3. The Morgan fingerprint density at radius 1 is 1.11 bits per heavy atom. The first kappa shape index (κ1) is 14.5. The van der Waals surface area contributed by atoms with Crippen molar-refractivity contribution in [3.05, 3.63) is 35.4 Å². The topological polar surface area (TPSA) is 29.3 Å². The Morgan fingerprint density at radius 2 is 1.74 bits per heavy atom. The van der Waals surface area contributed by atoms with Gasteiger partial charge in [-0.15, -0.1) is 0 Å². The van der Waals surface area contributed by atoms with Gasteiger partial charge in [0, 0.05) is 12.1 Å². The van der Waals surface area contributed by atoms with E-state index in [4.69, 9.17) is 5.73 Å². The summed E-state index contributed by atoms with van der Waals surface area (Å²) in [6.45, 7) is 7.66. The van der Waals surface area contributed by atoms with Gasteiger partial charge in [-0.3, -0.25) is 4.90 Å². The number of benzene rings is 1. The molecule has 0 aromatic heterocycles. The molecule has 1 aliphatic carbocycles. The predicted octanol–water partition coefficient (Wildman–Crippen LogP) is 2.99. The number of hydrogen-bond donors (Lipinski definition) is 1. The second kappa shape index (κ2) is 6.53. The predicted molar refractivity (Wildman–Crippen MR) is 82.4 cm³/mol. The van der Waals surface area contributed by atoms with Crippen LogP contribution < -0.4 is 5.73 Å². The van der Waals surface area contributed by atoms with E-state index >= 15 is 0 Å². The van der Waals surface area contributed by atoms with Crippen molar-refractivity contribution in [3.8, 4) is 0 Å². The molecule has 1 aliphatic rings. The zero-order chi connectivity index (χ0) is 13.7. The average molecular weight is 260 g/mol. The molecule has 1 aromatic carbocycles. The fourth-order valence-corrected chi connectivity index (χ4v) is 3.48. The minimum absolute atomic E-state index is 0.195. The van der Waals surface area contributed by atoms with Crippen LogP contribution in [0.5, 0.6) is 0 Å². The molecule has 2 N–H and O–H groups in total. The van der Waals surface area contributed by atoms with Crippen LogP contribution in [0.25, 0.3) is 0 Å². The summed E-state index contributed by atoms with van der Waals surface area (Å²) < 4.78 is 0. The van der Waals surface area contributed by atoms with Crippen LogP contribution in [0, 0.1) is 0 Å². The molecule has 0 aliphatic heterocycles. The van der Waals surface area contributed by atoms with Crippen LogP contribution in [0.15, 0.2) is 24.3 Å². The van der Waals surface area contributed by atoms with Gasteiger partial charge in [0.2, 0.25) is 0 Å². The largest absolute Gasteiger partial charge is 0.329 e. The molecule has 19 heavy (non-hydrogen) atoms. The summed E-state index contributed by atoms with van der Waals surface area (Å²) in [7, 11) is 0. The third kappa shape index (κ3) is 3.01. The van der Waals surface area contributed by atoms with Gasteiger partial charge in [-0.05, 0) is 56.3 Å². The Balaban J connectivity index is 2.24. The Hall–Kier alpha value is -0.860. The zero-order valence-corrected chi connectivity index (χ0v) is 12.5. The molecule has 1 unspecified atom stereocenters. The molecule has 106 valence electrons. The fourth-order valence-electron chi connectivity index (χ4n) is 3.48. The Morgan fingerprint density at radius 3 is 2.32 bits per heavy atom. The third-order valence-electron chi connectivity index (χ3n) is 4.54. The first-order valence-electron chi connectivity index (χ1n) is 7.77. The molecule has 0 spiro atoms. The first-order valence-corrected chi connectivity index (χ1v) is 7.77. The van der Waals surface area contributed by atoms with E-state index in [-0.39, 0.29) is 5.54 Å². The van der Waals surface area contributed by atoms with E-state index in [0.717, 1.165) is 13.0 Å². The summed E-state index contributed by atoms with van der Waals surface area (Å²) in [5.41, 5.74) is 9.45. The van der Waals surface area contributed by atoms with E-state index in [1.807, 2.05) is 0 Å². The monoisotopic (exact) mass is 260 g/mol. The highest BCUT2D eigenvalue weighted by Gasteiger charge is 2.37. The lowest BCUT2D eigenvalue weighted by Gasteiger charge is -2.46. The molecular weight excluding hydrogens is 232 g/mol. The molecular formula is C17H28N2. The van der Waals surface area contributed by atoms with Gasteiger partial charge in [-0.2, -0.15) is 0 Å². The lowest BCUT2D eigenvalue weighted by Crippen LogP contribution is -2.57. The highest BCUT2D eigenvalue weighted by atomic mass is 15.2. The minimum Gasteiger partial charge on any atom is -0.329 e. The molecule has 0 bridgehead atoms. The number of aryl methyl sites for hydroxylation is 1. The van der Waals surface area contributed by atoms with E-state index in [1.165, 1.54) is 49.9 Å². The maximum absolute atomic E-state index is 6.22. The number of nitrogens with two attached hydrogens (primary N) is 1. The van der Waals surface area contributed by atoms with Gasteiger partial charge in [0.15, 0.2) is 0 Å². The molecule has 2 nitrogen and oxygen atoms in total. The smallest absolute Gasteiger partial charge is 0.0375 e. The third-order valence-corrected chi connectivity index (χ3v) is 4.54. The van der Waals surface area contributed by atoms with Crippen molar-refractivity contribution < 1.29 is 0 Å². The number of hydrogen-bond acceptors (Lipinski definition) is 2. The molecule has 0 heterocycles. The number of nitrogens with zero attached hydrogens (tertiary/aromatic N) is 1. The minimum atomic E-state index is 0.195. The van der Waals surface area contributed by atoms with Crippen molar-refractivity contribution in [3.63, 3.8) is 0 Å². The fraction of sp³-hybridized carbons (Fsp3) is 0.647. The summed E-state index contributed by atoms with van der Waals surface area (Å²) in [4.78, 5) is 2.66. The second-order valence-electron chi connectivity index (χ2n) is 5.86. The van der Waals surface area contributed by atoms with Crippen molar-refractivity contribution in [1.29, 1.82) is 0 Å². The SMILES string of the molecule is CCCN(CCC)C1(CN)CCc2ccccc2C1. The van der Waals surface area contributed by atoms with Crippen LogP contribution >= 0.6 is 0 Å². The zero-order valence-electron chi connectivity index (χ0n) is 12.5. The van der Waals surface area contributed by atoms with E-state index in [0.29, 0.717) is 0 Å². The summed E-state index contributed by atoms with van der Waals surface area (Å²) in [5.74, 6) is 0. The highest BCUT2D eigenvalue weighted by molar-refractivity contribution is 5.32. The molecule has 1 aromatic rings. The number of fused-ring (bicyclic) bond motifs is 1. The van der Waals surface area contributed by atoms with E-state index in [2.05, 4.69) is 43.0 Å². The van der Waals surface area contributed by atoms with Gasteiger partial charge >= 0.3 is 0 Å². The Bertz CT molecular complexity index is 396. The van der Waals surface area contributed by atoms with Gasteiger partial charge in [-0.1, -0.05) is 38.1 Å². The van der Waals surface area contributed by atoms with Gasteiger partial charge in [0.05, 0.1) is 0 Å². The van der Waals surface area contributed by atoms with Crippen molar-refractivity contribution in [2.75, 3.05) is 19.6 Å². The second-order valence-corrected chi connectivity index (χ2v) is 5.86. The van der Waals surface area contributed by atoms with Crippen LogP contribution in [0.4, 0.5) is 0 Å². The molecule has 1 atom stereocenters. The molecule has 2 heteroatoms. The van der Waals surface area contributed by atoms with Crippen molar-refractivity contribution in [2.45, 2.75) is 51.5 Å². The van der Waals surface area contributed by atoms with Crippen LogP contribution in [-0.2, 0) is 12.8 Å². The molecule has 0 radical (unpaired) electrons. The maximum Gasteiger partial charge on any atom is 0.0375 e. The van der Waals surface area contributed by atoms with E-state index in [1.54, 1.807) is 0 Å². The molecule has 0 fully saturated rings. The lowest BCUT2D eigenvalue weighted by molar-refractivity contribution is 0.0788. The van der Waals surface area contributed by atoms with E-state index < -0.39 is 0 Å². The normalized spacial score (nSPS) is 22.5. The molecule has 0 saturated heterocycles. The maximum atomic E-state index is 6.22. The average Bonchev–Trinajstić information content (AvgIpc) is 2.46. The van der Waals surface area contributed by atoms with E-state index in [9.17, 15) is 0 Å². The van der Waals surface area contributed by atoms with Gasteiger partial charge < -0.3 is 5.73 Å². The van der Waals surface area contributed by atoms with Crippen LogP contribution in [0.2, 0.25) is 0 Å². The molecule has 0 saturated carbocycles. The first-order chi connectivity index (χ1) is 9.25. The molecule has 0 amide bonds. The van der Waals surface area contributed by atoms with Crippen LogP contribution in [-0.4, -0.2) is 30.1 Å².